The Balaban J connectivity index is 1.55. The lowest BCUT2D eigenvalue weighted by Crippen LogP contribution is -2.31. The fourth-order valence-electron chi connectivity index (χ4n) is 3.79. The highest BCUT2D eigenvalue weighted by molar-refractivity contribution is 7.98. The third-order valence-corrected chi connectivity index (χ3v) is 5.68. The molecule has 0 N–H and O–H groups in total. The second-order valence-corrected chi connectivity index (χ2v) is 7.63. The van der Waals surface area contributed by atoms with Crippen molar-refractivity contribution in [1.29, 1.82) is 0 Å². The monoisotopic (exact) mass is 364 g/mol. The van der Waals surface area contributed by atoms with Gasteiger partial charge in [0.25, 0.3) is 0 Å². The Hall–Kier alpha value is -2.11. The van der Waals surface area contributed by atoms with Gasteiger partial charge in [0.1, 0.15) is 0 Å². The van der Waals surface area contributed by atoms with Crippen molar-refractivity contribution >= 4 is 11.8 Å². The van der Waals surface area contributed by atoms with Crippen LogP contribution in [0.1, 0.15) is 28.2 Å². The quantitative estimate of drug-likeness (QED) is 0.514. The van der Waals surface area contributed by atoms with Crippen LogP contribution in [0.2, 0.25) is 0 Å². The molecule has 0 bridgehead atoms. The Kier molecular flexibility index (Phi) is 4.83. The van der Waals surface area contributed by atoms with Gasteiger partial charge in [0.05, 0.1) is 5.69 Å². The Labute approximate surface area is 159 Å². The second-order valence-electron chi connectivity index (χ2n) is 6.86. The Morgan fingerprint density at radius 1 is 1.15 bits per heavy atom. The van der Waals surface area contributed by atoms with E-state index in [-0.39, 0.29) is 0 Å². The molecule has 0 saturated heterocycles. The lowest BCUT2D eigenvalue weighted by Gasteiger charge is -2.28. The first-order valence-corrected chi connectivity index (χ1v) is 10.2. The summed E-state index contributed by atoms with van der Waals surface area (Å²) in [4.78, 5) is 11.6. The van der Waals surface area contributed by atoms with Crippen molar-refractivity contribution in [3.05, 3.63) is 70.8 Å². The zero-order chi connectivity index (χ0) is 18.1. The highest BCUT2D eigenvalue weighted by Gasteiger charge is 2.20. The van der Waals surface area contributed by atoms with Crippen LogP contribution in [0.4, 0.5) is 0 Å². The molecular formula is C21H24N4S. The summed E-state index contributed by atoms with van der Waals surface area (Å²) in [6, 6.07) is 12.9. The lowest BCUT2D eigenvalue weighted by atomic mass is 10.1. The van der Waals surface area contributed by atoms with Crippen molar-refractivity contribution in [3.63, 3.8) is 0 Å². The number of thioether (sulfide) groups is 1. The molecule has 0 spiro atoms. The topological polar surface area (TPSA) is 34.0 Å². The average Bonchev–Trinajstić information content (AvgIpc) is 2.95. The summed E-state index contributed by atoms with van der Waals surface area (Å²) >= 11 is 1.61. The Bertz CT molecular complexity index is 917. The first-order chi connectivity index (χ1) is 12.7. The smallest absolute Gasteiger partial charge is 0.187 e. The molecule has 0 amide bonds. The Morgan fingerprint density at radius 3 is 2.73 bits per heavy atom. The first-order valence-electron chi connectivity index (χ1n) is 9.00. The third kappa shape index (κ3) is 3.29. The molecule has 26 heavy (non-hydrogen) atoms. The molecule has 0 fully saturated rings. The molecule has 0 atom stereocenters. The summed E-state index contributed by atoms with van der Waals surface area (Å²) in [5, 5.41) is 0.878. The predicted octanol–water partition coefficient (Wildman–Crippen LogP) is 4.16. The van der Waals surface area contributed by atoms with Gasteiger partial charge in [0.2, 0.25) is 0 Å². The van der Waals surface area contributed by atoms with E-state index in [0.29, 0.717) is 0 Å². The zero-order valence-electron chi connectivity index (χ0n) is 15.6. The predicted molar refractivity (Wildman–Crippen MR) is 107 cm³/mol. The molecule has 4 nitrogen and oxygen atoms in total. The highest BCUT2D eigenvalue weighted by atomic mass is 32.2. The molecular weight excluding hydrogens is 340 g/mol. The zero-order valence-corrected chi connectivity index (χ0v) is 16.4. The van der Waals surface area contributed by atoms with Crippen LogP contribution < -0.4 is 0 Å². The normalized spacial score (nSPS) is 14.4. The molecule has 0 unspecified atom stereocenters. The summed E-state index contributed by atoms with van der Waals surface area (Å²) < 4.78 is 2.35. The van der Waals surface area contributed by atoms with Crippen LogP contribution in [0.3, 0.4) is 0 Å². The summed E-state index contributed by atoms with van der Waals surface area (Å²) in [5.41, 5.74) is 7.73. The van der Waals surface area contributed by atoms with Crippen molar-refractivity contribution in [2.24, 2.45) is 0 Å². The van der Waals surface area contributed by atoms with Crippen molar-refractivity contribution in [1.82, 2.24) is 19.4 Å². The molecule has 2 aromatic heterocycles. The lowest BCUT2D eigenvalue weighted by molar-refractivity contribution is 0.241. The summed E-state index contributed by atoms with van der Waals surface area (Å²) in [7, 11) is 0. The van der Waals surface area contributed by atoms with Crippen LogP contribution in [0.25, 0.3) is 5.69 Å². The van der Waals surface area contributed by atoms with Gasteiger partial charge in [0, 0.05) is 54.9 Å². The minimum atomic E-state index is 0.878. The maximum atomic E-state index is 4.67. The molecule has 4 rings (SSSR count). The summed E-state index contributed by atoms with van der Waals surface area (Å²) in [6.07, 6.45) is 5.04. The Morgan fingerprint density at radius 2 is 1.96 bits per heavy atom. The average molecular weight is 365 g/mol. The van der Waals surface area contributed by atoms with E-state index >= 15 is 0 Å². The number of aromatic nitrogens is 3. The van der Waals surface area contributed by atoms with E-state index in [2.05, 4.69) is 69.7 Å². The molecule has 1 aliphatic rings. The standard InChI is InChI=1S/C21H24N4S/c1-15-11-17(16(2)25(15)19-7-5-4-6-8-19)13-24-10-9-20-18(14-24)12-22-21(23-20)26-3/h4-8,11-12H,9-10,13-14H2,1-3H3. The van der Waals surface area contributed by atoms with Crippen LogP contribution >= 0.6 is 11.8 Å². The summed E-state index contributed by atoms with van der Waals surface area (Å²) in [5.74, 6) is 0. The molecule has 1 aromatic carbocycles. The van der Waals surface area contributed by atoms with Gasteiger partial charge >= 0.3 is 0 Å². The van der Waals surface area contributed by atoms with Crippen molar-refractivity contribution in [3.8, 4) is 5.69 Å². The number of nitrogens with zero attached hydrogens (tertiary/aromatic N) is 4. The van der Waals surface area contributed by atoms with Crippen molar-refractivity contribution in [2.45, 2.75) is 38.5 Å². The van der Waals surface area contributed by atoms with E-state index in [1.165, 1.54) is 33.9 Å². The van der Waals surface area contributed by atoms with E-state index in [0.717, 1.165) is 31.2 Å². The van der Waals surface area contributed by atoms with Gasteiger partial charge in [-0.05, 0) is 43.9 Å². The second kappa shape index (κ2) is 7.25. The summed E-state index contributed by atoms with van der Waals surface area (Å²) in [6.45, 7) is 7.36. The van der Waals surface area contributed by atoms with E-state index in [1.807, 2.05) is 12.5 Å². The minimum absolute atomic E-state index is 0.878. The van der Waals surface area contributed by atoms with Gasteiger partial charge in [-0.25, -0.2) is 9.97 Å². The van der Waals surface area contributed by atoms with E-state index in [4.69, 9.17) is 0 Å². The maximum absolute atomic E-state index is 4.67. The van der Waals surface area contributed by atoms with Gasteiger partial charge in [-0.2, -0.15) is 0 Å². The number of hydrogen-bond donors (Lipinski definition) is 0. The SMILES string of the molecule is CSc1ncc2c(n1)CCN(Cc1cc(C)n(-c3ccccc3)c1C)C2. The molecule has 134 valence electrons. The van der Waals surface area contributed by atoms with Crippen molar-refractivity contribution in [2.75, 3.05) is 12.8 Å². The molecule has 5 heteroatoms. The van der Waals surface area contributed by atoms with Gasteiger partial charge in [-0.1, -0.05) is 30.0 Å². The van der Waals surface area contributed by atoms with Crippen LogP contribution in [0.15, 0.2) is 47.8 Å². The largest absolute Gasteiger partial charge is 0.318 e. The number of aryl methyl sites for hydroxylation is 1. The molecule has 0 aliphatic carbocycles. The third-order valence-electron chi connectivity index (χ3n) is 5.12. The van der Waals surface area contributed by atoms with Gasteiger partial charge in [-0.3, -0.25) is 4.90 Å². The number of fused-ring (bicyclic) bond motifs is 1. The molecule has 0 saturated carbocycles. The van der Waals surface area contributed by atoms with Gasteiger partial charge < -0.3 is 4.57 Å². The fraction of sp³-hybridized carbons (Fsp3) is 0.333. The molecule has 1 aliphatic heterocycles. The first kappa shape index (κ1) is 17.3. The van der Waals surface area contributed by atoms with Gasteiger partial charge in [0.15, 0.2) is 5.16 Å². The van der Waals surface area contributed by atoms with Crippen LogP contribution in [-0.4, -0.2) is 32.2 Å². The van der Waals surface area contributed by atoms with Crippen LogP contribution in [-0.2, 0) is 19.5 Å². The number of hydrogen-bond acceptors (Lipinski definition) is 4. The number of benzene rings is 1. The van der Waals surface area contributed by atoms with Crippen LogP contribution in [0.5, 0.6) is 0 Å². The minimum Gasteiger partial charge on any atom is -0.318 e. The molecule has 3 aromatic rings. The maximum Gasteiger partial charge on any atom is 0.187 e. The van der Waals surface area contributed by atoms with Gasteiger partial charge in [-0.15, -0.1) is 0 Å². The number of para-hydroxylation sites is 1. The highest BCUT2D eigenvalue weighted by Crippen LogP contribution is 2.25. The van der Waals surface area contributed by atoms with Crippen molar-refractivity contribution < 1.29 is 0 Å². The molecule has 0 radical (unpaired) electrons. The van der Waals surface area contributed by atoms with Crippen LogP contribution in [0, 0.1) is 13.8 Å². The number of rotatable bonds is 4. The fourth-order valence-corrected chi connectivity index (χ4v) is 4.15. The van der Waals surface area contributed by atoms with E-state index < -0.39 is 0 Å². The van der Waals surface area contributed by atoms with E-state index in [9.17, 15) is 0 Å². The van der Waals surface area contributed by atoms with E-state index in [1.54, 1.807) is 11.8 Å². The molecule has 3 heterocycles.